The first-order valence-electron chi connectivity index (χ1n) is 7.73. The van der Waals surface area contributed by atoms with Crippen molar-refractivity contribution in [3.8, 4) is 0 Å². The number of carbonyl (C=O) groups is 2. The first-order valence-corrected chi connectivity index (χ1v) is 7.73. The second-order valence-electron chi connectivity index (χ2n) is 6.21. The van der Waals surface area contributed by atoms with Gasteiger partial charge in [0.1, 0.15) is 11.6 Å². The minimum absolute atomic E-state index is 0.0702. The van der Waals surface area contributed by atoms with Crippen molar-refractivity contribution in [2.24, 2.45) is 17.6 Å². The molecule has 5 nitrogen and oxygen atoms in total. The molecule has 0 aliphatic carbocycles. The van der Waals surface area contributed by atoms with Crippen molar-refractivity contribution in [1.82, 2.24) is 4.90 Å². The Morgan fingerprint density at radius 1 is 1.22 bits per heavy atom. The maximum Gasteiger partial charge on any atom is 0.228 e. The highest BCUT2D eigenvalue weighted by atomic mass is 19.1. The van der Waals surface area contributed by atoms with Crippen LogP contribution in [0.25, 0.3) is 0 Å². The highest BCUT2D eigenvalue weighted by molar-refractivity contribution is 6.00. The van der Waals surface area contributed by atoms with Gasteiger partial charge in [-0.15, -0.1) is 0 Å². The number of nitrogens with zero attached hydrogens (tertiary/aromatic N) is 2. The van der Waals surface area contributed by atoms with E-state index in [1.54, 1.807) is 4.90 Å². The summed E-state index contributed by atoms with van der Waals surface area (Å²) in [5.74, 6) is -2.01. The van der Waals surface area contributed by atoms with Crippen molar-refractivity contribution in [3.63, 3.8) is 0 Å². The molecule has 0 spiro atoms. The molecule has 0 unspecified atom stereocenters. The molecule has 2 saturated heterocycles. The number of hydrogen-bond acceptors (Lipinski definition) is 3. The molecule has 23 heavy (non-hydrogen) atoms. The van der Waals surface area contributed by atoms with Gasteiger partial charge in [-0.2, -0.15) is 0 Å². The summed E-state index contributed by atoms with van der Waals surface area (Å²) in [4.78, 5) is 27.7. The fourth-order valence-corrected chi connectivity index (χ4v) is 3.30. The lowest BCUT2D eigenvalue weighted by molar-refractivity contribution is -0.134. The Bertz CT molecular complexity index is 618. The largest absolute Gasteiger partial charge is 0.342 e. The van der Waals surface area contributed by atoms with Crippen LogP contribution in [-0.4, -0.2) is 42.9 Å². The van der Waals surface area contributed by atoms with Gasteiger partial charge in [0.25, 0.3) is 0 Å². The van der Waals surface area contributed by atoms with Gasteiger partial charge in [-0.25, -0.2) is 8.78 Å². The van der Waals surface area contributed by atoms with E-state index in [4.69, 9.17) is 5.73 Å². The number of carbonyl (C=O) groups excluding carboxylic acids is 2. The second-order valence-corrected chi connectivity index (χ2v) is 6.21. The first kappa shape index (κ1) is 15.9. The summed E-state index contributed by atoms with van der Waals surface area (Å²) in [6, 6.07) is 2.96. The van der Waals surface area contributed by atoms with Crippen LogP contribution in [0.15, 0.2) is 18.2 Å². The average molecular weight is 323 g/mol. The SMILES string of the molecule is NC[C@H]1CCN(C(=O)[C@@H]2CC(=O)N(c3cc(F)cc(F)c3)C2)C1. The Hall–Kier alpha value is -2.02. The number of nitrogens with two attached hydrogens (primary N) is 1. The fraction of sp³-hybridized carbons (Fsp3) is 0.500. The molecule has 3 rings (SSSR count). The maximum atomic E-state index is 13.3. The quantitative estimate of drug-likeness (QED) is 0.907. The molecule has 7 heteroatoms. The standard InChI is InChI=1S/C16H19F2N3O2/c17-12-4-13(18)6-14(5-12)21-9-11(3-15(21)22)16(23)20-2-1-10(7-19)8-20/h4-6,10-11H,1-3,7-9,19H2/t10-,11-/m1/s1. The molecule has 2 aliphatic heterocycles. The van der Waals surface area contributed by atoms with E-state index in [0.717, 1.165) is 24.6 Å². The Morgan fingerprint density at radius 2 is 1.91 bits per heavy atom. The molecule has 0 radical (unpaired) electrons. The summed E-state index contributed by atoms with van der Waals surface area (Å²) in [6.45, 7) is 1.97. The van der Waals surface area contributed by atoms with Crippen molar-refractivity contribution in [3.05, 3.63) is 29.8 Å². The molecule has 0 bridgehead atoms. The van der Waals surface area contributed by atoms with Crippen LogP contribution in [-0.2, 0) is 9.59 Å². The molecule has 1 aromatic carbocycles. The molecule has 124 valence electrons. The van der Waals surface area contributed by atoms with Crippen LogP contribution in [0.3, 0.4) is 0 Å². The summed E-state index contributed by atoms with van der Waals surface area (Å²) >= 11 is 0. The van der Waals surface area contributed by atoms with Gasteiger partial charge >= 0.3 is 0 Å². The number of rotatable bonds is 3. The zero-order valence-corrected chi connectivity index (χ0v) is 12.7. The van der Waals surface area contributed by atoms with E-state index in [0.29, 0.717) is 25.6 Å². The number of likely N-dealkylation sites (tertiary alicyclic amines) is 1. The summed E-state index contributed by atoms with van der Waals surface area (Å²) < 4.78 is 26.7. The van der Waals surface area contributed by atoms with Crippen molar-refractivity contribution < 1.29 is 18.4 Å². The zero-order valence-electron chi connectivity index (χ0n) is 12.7. The fourth-order valence-electron chi connectivity index (χ4n) is 3.30. The molecule has 2 N–H and O–H groups in total. The topological polar surface area (TPSA) is 66.6 Å². The van der Waals surface area contributed by atoms with E-state index in [1.807, 2.05) is 0 Å². The molecule has 0 aromatic heterocycles. The second kappa shape index (κ2) is 6.23. The van der Waals surface area contributed by atoms with Gasteiger partial charge in [0, 0.05) is 37.8 Å². The third kappa shape index (κ3) is 3.19. The minimum Gasteiger partial charge on any atom is -0.342 e. The Labute approximate surface area is 133 Å². The van der Waals surface area contributed by atoms with E-state index in [9.17, 15) is 18.4 Å². The van der Waals surface area contributed by atoms with Crippen molar-refractivity contribution >= 4 is 17.5 Å². The Morgan fingerprint density at radius 3 is 2.52 bits per heavy atom. The lowest BCUT2D eigenvalue weighted by Crippen LogP contribution is -2.36. The van der Waals surface area contributed by atoms with E-state index < -0.39 is 17.6 Å². The first-order chi connectivity index (χ1) is 11.0. The maximum absolute atomic E-state index is 13.3. The molecule has 2 fully saturated rings. The molecular weight excluding hydrogens is 304 g/mol. The predicted molar refractivity (Wildman–Crippen MR) is 80.6 cm³/mol. The third-order valence-corrected chi connectivity index (χ3v) is 4.56. The highest BCUT2D eigenvalue weighted by Gasteiger charge is 2.39. The number of hydrogen-bond donors (Lipinski definition) is 1. The summed E-state index contributed by atoms with van der Waals surface area (Å²) in [7, 11) is 0. The van der Waals surface area contributed by atoms with Gasteiger partial charge in [-0.3, -0.25) is 9.59 Å². The van der Waals surface area contributed by atoms with Crippen LogP contribution in [0, 0.1) is 23.5 Å². The smallest absolute Gasteiger partial charge is 0.228 e. The lowest BCUT2D eigenvalue weighted by atomic mass is 10.1. The number of benzene rings is 1. The molecule has 2 heterocycles. The number of halogens is 2. The van der Waals surface area contributed by atoms with Crippen LogP contribution in [0.1, 0.15) is 12.8 Å². The van der Waals surface area contributed by atoms with Crippen LogP contribution in [0.2, 0.25) is 0 Å². The third-order valence-electron chi connectivity index (χ3n) is 4.56. The zero-order chi connectivity index (χ0) is 16.6. The van der Waals surface area contributed by atoms with E-state index >= 15 is 0 Å². The van der Waals surface area contributed by atoms with E-state index in [-0.39, 0.29) is 30.5 Å². The van der Waals surface area contributed by atoms with Gasteiger partial charge in [0.2, 0.25) is 11.8 Å². The van der Waals surface area contributed by atoms with Gasteiger partial charge in [-0.1, -0.05) is 0 Å². The predicted octanol–water partition coefficient (Wildman–Crippen LogP) is 1.12. The van der Waals surface area contributed by atoms with Crippen LogP contribution >= 0.6 is 0 Å². The van der Waals surface area contributed by atoms with Gasteiger partial charge < -0.3 is 15.5 Å². The molecule has 1 aromatic rings. The molecule has 2 amide bonds. The molecule has 0 saturated carbocycles. The van der Waals surface area contributed by atoms with Crippen molar-refractivity contribution in [1.29, 1.82) is 0 Å². The number of amides is 2. The molecule has 2 atom stereocenters. The number of anilines is 1. The van der Waals surface area contributed by atoms with Gasteiger partial charge in [0.15, 0.2) is 0 Å². The minimum atomic E-state index is -0.743. The average Bonchev–Trinajstić information content (AvgIpc) is 3.12. The summed E-state index contributed by atoms with van der Waals surface area (Å²) in [5.41, 5.74) is 5.78. The molecular formula is C16H19F2N3O2. The Balaban J connectivity index is 1.71. The van der Waals surface area contributed by atoms with Crippen LogP contribution in [0.5, 0.6) is 0 Å². The summed E-state index contributed by atoms with van der Waals surface area (Å²) in [6.07, 6.45) is 0.947. The summed E-state index contributed by atoms with van der Waals surface area (Å²) in [5, 5.41) is 0. The van der Waals surface area contributed by atoms with Crippen LogP contribution in [0.4, 0.5) is 14.5 Å². The highest BCUT2D eigenvalue weighted by Crippen LogP contribution is 2.29. The molecule has 2 aliphatic rings. The van der Waals surface area contributed by atoms with Crippen LogP contribution < -0.4 is 10.6 Å². The van der Waals surface area contributed by atoms with E-state index in [1.165, 1.54) is 4.90 Å². The van der Waals surface area contributed by atoms with Crippen molar-refractivity contribution in [2.45, 2.75) is 12.8 Å². The van der Waals surface area contributed by atoms with Gasteiger partial charge in [-0.05, 0) is 31.0 Å². The van der Waals surface area contributed by atoms with Crippen molar-refractivity contribution in [2.75, 3.05) is 31.1 Å². The Kier molecular flexibility index (Phi) is 4.30. The van der Waals surface area contributed by atoms with E-state index in [2.05, 4.69) is 0 Å². The monoisotopic (exact) mass is 323 g/mol. The lowest BCUT2D eigenvalue weighted by Gasteiger charge is -2.21. The normalized spacial score (nSPS) is 24.6. The van der Waals surface area contributed by atoms with Gasteiger partial charge in [0.05, 0.1) is 5.92 Å².